The van der Waals surface area contributed by atoms with E-state index >= 15 is 0 Å². The summed E-state index contributed by atoms with van der Waals surface area (Å²) in [6.45, 7) is 4.08. The lowest BCUT2D eigenvalue weighted by Gasteiger charge is -2.10. The third kappa shape index (κ3) is 8.12. The predicted molar refractivity (Wildman–Crippen MR) is 87.9 cm³/mol. The van der Waals surface area contributed by atoms with E-state index in [0.717, 1.165) is 6.42 Å². The van der Waals surface area contributed by atoms with Crippen LogP contribution in [0.5, 0.6) is 5.75 Å². The third-order valence-electron chi connectivity index (χ3n) is 2.45. The van der Waals surface area contributed by atoms with E-state index in [2.05, 4.69) is 10.6 Å². The summed E-state index contributed by atoms with van der Waals surface area (Å²) in [5.74, 6) is 0.504. The fourth-order valence-corrected chi connectivity index (χ4v) is 1.72. The van der Waals surface area contributed by atoms with Gasteiger partial charge in [-0.3, -0.25) is 4.79 Å². The number of anilines is 1. The average molecular weight is 337 g/mol. The van der Waals surface area contributed by atoms with Crippen LogP contribution in [0.25, 0.3) is 0 Å². The van der Waals surface area contributed by atoms with Gasteiger partial charge in [0.15, 0.2) is 0 Å². The molecular weight excluding hydrogens is 315 g/mol. The van der Waals surface area contributed by atoms with E-state index < -0.39 is 0 Å². The first kappa shape index (κ1) is 20.0. The zero-order valence-corrected chi connectivity index (χ0v) is 13.9. The Morgan fingerprint density at radius 3 is 2.71 bits per heavy atom. The lowest BCUT2D eigenvalue weighted by Crippen LogP contribution is -2.30. The molecule has 1 rings (SSSR count). The summed E-state index contributed by atoms with van der Waals surface area (Å²) in [5.41, 5.74) is 0.650. The van der Waals surface area contributed by atoms with Gasteiger partial charge in [0.25, 0.3) is 0 Å². The fourth-order valence-electron chi connectivity index (χ4n) is 1.49. The van der Waals surface area contributed by atoms with Crippen LogP contribution in [0.15, 0.2) is 18.2 Å². The molecule has 0 saturated carbocycles. The van der Waals surface area contributed by atoms with Crippen molar-refractivity contribution in [2.45, 2.75) is 13.3 Å². The van der Waals surface area contributed by atoms with Gasteiger partial charge in [-0.2, -0.15) is 0 Å². The van der Waals surface area contributed by atoms with Crippen molar-refractivity contribution in [1.29, 1.82) is 0 Å². The van der Waals surface area contributed by atoms with Crippen molar-refractivity contribution < 1.29 is 14.3 Å². The summed E-state index contributed by atoms with van der Waals surface area (Å²) in [5, 5.41) is 6.22. The van der Waals surface area contributed by atoms with Crippen molar-refractivity contribution in [2.24, 2.45) is 0 Å². The lowest BCUT2D eigenvalue weighted by molar-refractivity contribution is -0.115. The SMILES string of the molecule is CCCOc1ccc(NC(=O)CNCCOC)cc1Cl.Cl. The first-order valence-corrected chi connectivity index (χ1v) is 6.97. The molecule has 0 unspecified atom stereocenters. The average Bonchev–Trinajstić information content (AvgIpc) is 2.43. The Labute approximate surface area is 136 Å². The van der Waals surface area contributed by atoms with E-state index in [1.54, 1.807) is 25.3 Å². The van der Waals surface area contributed by atoms with Crippen LogP contribution in [-0.2, 0) is 9.53 Å². The molecule has 21 heavy (non-hydrogen) atoms. The van der Waals surface area contributed by atoms with Crippen molar-refractivity contribution in [3.63, 3.8) is 0 Å². The van der Waals surface area contributed by atoms with Gasteiger partial charge in [0.2, 0.25) is 5.91 Å². The molecule has 0 saturated heterocycles. The van der Waals surface area contributed by atoms with Crippen LogP contribution in [0.4, 0.5) is 5.69 Å². The standard InChI is InChI=1S/C14H21ClN2O3.ClH/c1-3-7-20-13-5-4-11(9-12(13)15)17-14(18)10-16-6-8-19-2;/h4-5,9,16H,3,6-8,10H2,1-2H3,(H,17,18);1H. The van der Waals surface area contributed by atoms with E-state index in [-0.39, 0.29) is 24.9 Å². The normalized spacial score (nSPS) is 9.86. The number of rotatable bonds is 9. The molecule has 0 bridgehead atoms. The number of carbonyl (C=O) groups excluding carboxylic acids is 1. The second-order valence-corrected chi connectivity index (χ2v) is 4.62. The maximum Gasteiger partial charge on any atom is 0.238 e. The van der Waals surface area contributed by atoms with Gasteiger partial charge in [-0.15, -0.1) is 12.4 Å². The molecule has 120 valence electrons. The van der Waals surface area contributed by atoms with Gasteiger partial charge in [-0.1, -0.05) is 18.5 Å². The largest absolute Gasteiger partial charge is 0.492 e. The molecule has 0 fully saturated rings. The number of methoxy groups -OCH3 is 1. The zero-order valence-electron chi connectivity index (χ0n) is 12.3. The van der Waals surface area contributed by atoms with Gasteiger partial charge in [0.05, 0.1) is 24.8 Å². The van der Waals surface area contributed by atoms with Crippen molar-refractivity contribution in [1.82, 2.24) is 5.32 Å². The molecule has 0 heterocycles. The summed E-state index contributed by atoms with van der Waals surface area (Å²) in [6, 6.07) is 5.20. The van der Waals surface area contributed by atoms with Crippen LogP contribution in [0.2, 0.25) is 5.02 Å². The highest BCUT2D eigenvalue weighted by molar-refractivity contribution is 6.32. The minimum atomic E-state index is -0.126. The van der Waals surface area contributed by atoms with E-state index in [4.69, 9.17) is 21.1 Å². The first-order valence-electron chi connectivity index (χ1n) is 6.59. The fraction of sp³-hybridized carbons (Fsp3) is 0.500. The maximum atomic E-state index is 11.7. The van der Waals surface area contributed by atoms with Crippen LogP contribution < -0.4 is 15.4 Å². The van der Waals surface area contributed by atoms with Gasteiger partial charge >= 0.3 is 0 Å². The van der Waals surface area contributed by atoms with E-state index in [9.17, 15) is 4.79 Å². The van der Waals surface area contributed by atoms with Gasteiger partial charge in [0, 0.05) is 19.3 Å². The van der Waals surface area contributed by atoms with Crippen LogP contribution >= 0.6 is 24.0 Å². The summed E-state index contributed by atoms with van der Waals surface area (Å²) < 4.78 is 10.3. The Hall–Kier alpha value is -1.01. The molecule has 0 aliphatic heterocycles. The lowest BCUT2D eigenvalue weighted by atomic mass is 10.3. The molecule has 2 N–H and O–H groups in total. The molecule has 5 nitrogen and oxygen atoms in total. The molecular formula is C14H22Cl2N2O3. The van der Waals surface area contributed by atoms with Crippen LogP contribution in [0, 0.1) is 0 Å². The second kappa shape index (κ2) is 11.6. The van der Waals surface area contributed by atoms with Gasteiger partial charge in [-0.25, -0.2) is 0 Å². The van der Waals surface area contributed by atoms with E-state index in [0.29, 0.717) is 36.2 Å². The monoisotopic (exact) mass is 336 g/mol. The summed E-state index contributed by atoms with van der Waals surface area (Å²) >= 11 is 6.09. The molecule has 1 amide bonds. The number of hydrogen-bond acceptors (Lipinski definition) is 4. The molecule has 0 aliphatic carbocycles. The number of nitrogens with one attached hydrogen (secondary N) is 2. The molecule has 0 aliphatic rings. The quantitative estimate of drug-likeness (QED) is 0.680. The molecule has 1 aromatic rings. The zero-order chi connectivity index (χ0) is 14.8. The molecule has 1 aromatic carbocycles. The summed E-state index contributed by atoms with van der Waals surface area (Å²) in [6.07, 6.45) is 0.919. The van der Waals surface area contributed by atoms with Crippen molar-refractivity contribution >= 4 is 35.6 Å². The predicted octanol–water partition coefficient (Wildman–Crippen LogP) is 2.73. The third-order valence-corrected chi connectivity index (χ3v) is 2.74. The number of hydrogen-bond donors (Lipinski definition) is 2. The minimum Gasteiger partial charge on any atom is -0.492 e. The van der Waals surface area contributed by atoms with E-state index in [1.807, 2.05) is 6.92 Å². The van der Waals surface area contributed by atoms with Crippen LogP contribution in [0.3, 0.4) is 0 Å². The summed E-state index contributed by atoms with van der Waals surface area (Å²) in [4.78, 5) is 11.7. The first-order chi connectivity index (χ1) is 9.67. The maximum absolute atomic E-state index is 11.7. The Morgan fingerprint density at radius 2 is 2.10 bits per heavy atom. The smallest absolute Gasteiger partial charge is 0.238 e. The molecule has 0 atom stereocenters. The molecule has 7 heteroatoms. The van der Waals surface area contributed by atoms with Gasteiger partial charge < -0.3 is 20.1 Å². The van der Waals surface area contributed by atoms with Crippen molar-refractivity contribution in [2.75, 3.05) is 38.7 Å². The van der Waals surface area contributed by atoms with Crippen LogP contribution in [0.1, 0.15) is 13.3 Å². The minimum absolute atomic E-state index is 0. The van der Waals surface area contributed by atoms with Gasteiger partial charge in [-0.05, 0) is 24.6 Å². The number of halogens is 2. The highest BCUT2D eigenvalue weighted by Gasteiger charge is 2.06. The Kier molecular flexibility index (Phi) is 11.1. The summed E-state index contributed by atoms with van der Waals surface area (Å²) in [7, 11) is 1.62. The van der Waals surface area contributed by atoms with Crippen molar-refractivity contribution in [3.05, 3.63) is 23.2 Å². The second-order valence-electron chi connectivity index (χ2n) is 4.21. The Balaban J connectivity index is 0.00000400. The highest BCUT2D eigenvalue weighted by atomic mass is 35.5. The van der Waals surface area contributed by atoms with Gasteiger partial charge in [0.1, 0.15) is 5.75 Å². The number of carbonyl (C=O) groups is 1. The highest BCUT2D eigenvalue weighted by Crippen LogP contribution is 2.27. The number of ether oxygens (including phenoxy) is 2. The Bertz CT molecular complexity index is 431. The molecule has 0 spiro atoms. The van der Waals surface area contributed by atoms with Crippen LogP contribution in [-0.4, -0.2) is 39.3 Å². The molecule has 0 radical (unpaired) electrons. The Morgan fingerprint density at radius 1 is 1.33 bits per heavy atom. The van der Waals surface area contributed by atoms with Crippen molar-refractivity contribution in [3.8, 4) is 5.75 Å². The molecule has 0 aromatic heterocycles. The number of benzene rings is 1. The number of amides is 1. The topological polar surface area (TPSA) is 59.6 Å². The van der Waals surface area contributed by atoms with E-state index in [1.165, 1.54) is 0 Å².